The van der Waals surface area contributed by atoms with Crippen LogP contribution in [-0.2, 0) is 29.6 Å². The third-order valence-corrected chi connectivity index (χ3v) is 8.46. The van der Waals surface area contributed by atoms with Gasteiger partial charge in [0.05, 0.1) is 17.6 Å². The topological polar surface area (TPSA) is 136 Å². The van der Waals surface area contributed by atoms with Crippen LogP contribution in [-0.4, -0.2) is 71.0 Å². The molecule has 0 saturated carbocycles. The van der Waals surface area contributed by atoms with Crippen LogP contribution in [0.5, 0.6) is 5.75 Å². The van der Waals surface area contributed by atoms with Crippen LogP contribution in [0.15, 0.2) is 102 Å². The zero-order chi connectivity index (χ0) is 36.6. The number of nitrogens with one attached hydrogen (secondary N) is 1. The lowest BCUT2D eigenvalue weighted by Crippen LogP contribution is -2.53. The summed E-state index contributed by atoms with van der Waals surface area (Å²) in [6.07, 6.45) is 0.165. The lowest BCUT2D eigenvalue weighted by atomic mass is 9.85. The van der Waals surface area contributed by atoms with E-state index in [0.717, 1.165) is 10.9 Å². The van der Waals surface area contributed by atoms with E-state index in [4.69, 9.17) is 14.3 Å². The molecule has 0 saturated heterocycles. The number of amides is 2. The van der Waals surface area contributed by atoms with Gasteiger partial charge in [-0.2, -0.15) is 0 Å². The highest BCUT2D eigenvalue weighted by Crippen LogP contribution is 2.38. The second-order valence-electron chi connectivity index (χ2n) is 13.8. The smallest absolute Gasteiger partial charge is 0.308 e. The maximum Gasteiger partial charge on any atom is 0.308 e. The molecule has 0 spiro atoms. The Kier molecular flexibility index (Phi) is 11.5. The number of oxime groups is 1. The van der Waals surface area contributed by atoms with Gasteiger partial charge in [-0.25, -0.2) is 4.98 Å². The van der Waals surface area contributed by atoms with Crippen LogP contribution < -0.4 is 10.1 Å². The van der Waals surface area contributed by atoms with E-state index in [1.165, 1.54) is 11.9 Å². The van der Waals surface area contributed by atoms with Crippen LogP contribution >= 0.6 is 0 Å². The predicted octanol–water partition coefficient (Wildman–Crippen LogP) is 5.87. The Labute approximate surface area is 298 Å². The fourth-order valence-electron chi connectivity index (χ4n) is 5.93. The summed E-state index contributed by atoms with van der Waals surface area (Å²) < 4.78 is 11.3. The summed E-state index contributed by atoms with van der Waals surface area (Å²) in [5.41, 5.74) is -0.152. The number of esters is 1. The van der Waals surface area contributed by atoms with E-state index < -0.39 is 34.9 Å². The molecule has 1 aliphatic heterocycles. The van der Waals surface area contributed by atoms with Crippen LogP contribution in [0.3, 0.4) is 0 Å². The molecule has 0 radical (unpaired) electrons. The molecule has 5 rings (SSSR count). The lowest BCUT2D eigenvalue weighted by Gasteiger charge is -2.34. The number of fused-ring (bicyclic) bond motifs is 1. The Morgan fingerprint density at radius 3 is 2.29 bits per heavy atom. The van der Waals surface area contributed by atoms with Crippen molar-refractivity contribution in [2.75, 3.05) is 20.2 Å². The molecule has 3 atom stereocenters. The van der Waals surface area contributed by atoms with Gasteiger partial charge in [0.2, 0.25) is 5.60 Å². The molecular weight excluding hydrogens is 648 g/mol. The number of ketones is 1. The van der Waals surface area contributed by atoms with E-state index in [2.05, 4.69) is 15.5 Å². The lowest BCUT2D eigenvalue weighted by molar-refractivity contribution is -0.164. The Bertz CT molecular complexity index is 1890. The van der Waals surface area contributed by atoms with E-state index in [-0.39, 0.29) is 31.3 Å². The number of Topliss-reactive ketones (excluding diaryl/α,β-unsaturated/α-hetero) is 1. The molecule has 2 heterocycles. The minimum atomic E-state index is -1.59. The van der Waals surface area contributed by atoms with Crippen LogP contribution in [0.4, 0.5) is 0 Å². The number of likely N-dealkylation sites (N-methyl/N-ethyl adjacent to an activating group) is 1. The number of hydrogen-bond acceptors (Lipinski definition) is 9. The van der Waals surface area contributed by atoms with Gasteiger partial charge in [0.1, 0.15) is 29.7 Å². The van der Waals surface area contributed by atoms with Crippen molar-refractivity contribution in [1.29, 1.82) is 0 Å². The van der Waals surface area contributed by atoms with E-state index in [9.17, 15) is 19.2 Å². The zero-order valence-corrected chi connectivity index (χ0v) is 29.6. The number of para-hydroxylation sites is 2. The normalized spacial score (nSPS) is 16.7. The van der Waals surface area contributed by atoms with Gasteiger partial charge < -0.3 is 24.5 Å². The van der Waals surface area contributed by atoms with Crippen molar-refractivity contribution < 1.29 is 33.5 Å². The molecule has 11 heteroatoms. The Morgan fingerprint density at radius 1 is 0.922 bits per heavy atom. The molecule has 2 unspecified atom stereocenters. The number of nitrogens with zero attached hydrogens (tertiary/aromatic N) is 3. The predicted molar refractivity (Wildman–Crippen MR) is 193 cm³/mol. The first-order valence-corrected chi connectivity index (χ1v) is 17.0. The Morgan fingerprint density at radius 2 is 1.59 bits per heavy atom. The molecule has 0 aliphatic carbocycles. The second kappa shape index (κ2) is 16.0. The second-order valence-corrected chi connectivity index (χ2v) is 13.8. The van der Waals surface area contributed by atoms with Gasteiger partial charge in [0.25, 0.3) is 11.8 Å². The van der Waals surface area contributed by atoms with Crippen molar-refractivity contribution in [3.63, 3.8) is 0 Å². The van der Waals surface area contributed by atoms with Crippen LogP contribution in [0.2, 0.25) is 0 Å². The zero-order valence-electron chi connectivity index (χ0n) is 29.6. The highest BCUT2D eigenvalue weighted by molar-refractivity contribution is 6.00. The number of ether oxygens (including phenoxy) is 2. The van der Waals surface area contributed by atoms with Crippen LogP contribution in [0.25, 0.3) is 10.9 Å². The summed E-state index contributed by atoms with van der Waals surface area (Å²) in [5, 5.41) is 8.26. The molecule has 3 aromatic carbocycles. The summed E-state index contributed by atoms with van der Waals surface area (Å²) >= 11 is 0. The highest BCUT2D eigenvalue weighted by atomic mass is 16.7. The van der Waals surface area contributed by atoms with Gasteiger partial charge in [-0.1, -0.05) is 84.9 Å². The first kappa shape index (κ1) is 36.7. The molecule has 51 heavy (non-hydrogen) atoms. The van der Waals surface area contributed by atoms with E-state index in [1.807, 2.05) is 49.4 Å². The third-order valence-electron chi connectivity index (χ3n) is 8.46. The molecule has 0 fully saturated rings. The standard InChI is InChI=1S/C40H44N4O7/c1-27(25-41-37(47)33-21-20-28-14-12-13-19-32(28)42-33)22-30-24-40(51-43-30,29-15-8-6-9-16-29)38(48)44(5)34(23-36(46)50-39(2,3)4)35(45)26-49-31-17-10-7-11-18-31/h6-21,27,34H,22-26H2,1-5H3,(H,41,47)/t27?,34-,40?/m0/s1. The number of hydrogen-bond donors (Lipinski definition) is 1. The molecule has 1 aromatic heterocycles. The summed E-state index contributed by atoms with van der Waals surface area (Å²) in [7, 11) is 1.48. The number of rotatable bonds is 14. The van der Waals surface area contributed by atoms with E-state index >= 15 is 0 Å². The van der Waals surface area contributed by atoms with Gasteiger partial charge in [0.15, 0.2) is 5.78 Å². The van der Waals surface area contributed by atoms with Crippen molar-refractivity contribution in [2.24, 2.45) is 11.1 Å². The number of carbonyl (C=O) groups is 4. The van der Waals surface area contributed by atoms with Crippen molar-refractivity contribution in [3.05, 3.63) is 108 Å². The first-order valence-electron chi connectivity index (χ1n) is 17.0. The van der Waals surface area contributed by atoms with Gasteiger partial charge in [0, 0.05) is 31.0 Å². The van der Waals surface area contributed by atoms with Crippen molar-refractivity contribution >= 4 is 40.2 Å². The Hall–Kier alpha value is -5.58. The third kappa shape index (κ3) is 9.36. The quantitative estimate of drug-likeness (QED) is 0.162. The monoisotopic (exact) mass is 692 g/mol. The number of carbonyl (C=O) groups excluding carboxylic acids is 4. The molecule has 11 nitrogen and oxygen atoms in total. The molecule has 1 N–H and O–H groups in total. The average molecular weight is 693 g/mol. The minimum Gasteiger partial charge on any atom is -0.486 e. The summed E-state index contributed by atoms with van der Waals surface area (Å²) in [6, 6.07) is 27.7. The SMILES string of the molecule is CC(CNC(=O)c1ccc2ccccc2n1)CC1=NOC(C(=O)N(C)[C@@H](CC(=O)OC(C)(C)C)C(=O)COc2ccccc2)(c2ccccc2)C1. The maximum atomic E-state index is 14.6. The van der Waals surface area contributed by atoms with Crippen LogP contribution in [0.1, 0.15) is 63.0 Å². The van der Waals surface area contributed by atoms with Crippen molar-refractivity contribution in [3.8, 4) is 5.75 Å². The van der Waals surface area contributed by atoms with Gasteiger partial charge in [-0.05, 0) is 57.4 Å². The number of benzene rings is 3. The minimum absolute atomic E-state index is 0.0622. The fourth-order valence-corrected chi connectivity index (χ4v) is 5.93. The van der Waals surface area contributed by atoms with E-state index in [0.29, 0.717) is 35.7 Å². The molecular formula is C40H44N4O7. The number of aromatic nitrogens is 1. The molecule has 1 aliphatic rings. The summed E-state index contributed by atoms with van der Waals surface area (Å²) in [6.45, 7) is 7.14. The average Bonchev–Trinajstić information content (AvgIpc) is 3.55. The maximum absolute atomic E-state index is 14.6. The molecule has 4 aromatic rings. The Balaban J connectivity index is 1.30. The fraction of sp³-hybridized carbons (Fsp3) is 0.350. The summed E-state index contributed by atoms with van der Waals surface area (Å²) in [4.78, 5) is 66.0. The first-order chi connectivity index (χ1) is 24.3. The van der Waals surface area contributed by atoms with Crippen molar-refractivity contribution in [2.45, 2.75) is 64.2 Å². The molecule has 0 bridgehead atoms. The van der Waals surface area contributed by atoms with E-state index in [1.54, 1.807) is 75.4 Å². The van der Waals surface area contributed by atoms with Gasteiger partial charge in [-0.3, -0.25) is 19.2 Å². The molecule has 2 amide bonds. The van der Waals surface area contributed by atoms with Crippen molar-refractivity contribution in [1.82, 2.24) is 15.2 Å². The largest absolute Gasteiger partial charge is 0.486 e. The number of pyridine rings is 1. The summed E-state index contributed by atoms with van der Waals surface area (Å²) in [5.74, 6) is -1.52. The van der Waals surface area contributed by atoms with Gasteiger partial charge in [-0.15, -0.1) is 0 Å². The molecule has 266 valence electrons. The van der Waals surface area contributed by atoms with Crippen LogP contribution in [0, 0.1) is 5.92 Å². The highest BCUT2D eigenvalue weighted by Gasteiger charge is 2.51. The van der Waals surface area contributed by atoms with Gasteiger partial charge >= 0.3 is 5.97 Å².